The van der Waals surface area contributed by atoms with Gasteiger partial charge in [0, 0.05) is 6.54 Å². The Hall–Kier alpha value is -3.33. The minimum absolute atomic E-state index is 0.0460. The number of halogens is 1. The van der Waals surface area contributed by atoms with Gasteiger partial charge in [0.2, 0.25) is 6.79 Å². The van der Waals surface area contributed by atoms with Crippen LogP contribution in [0.3, 0.4) is 0 Å². The number of carbonyl (C=O) groups is 2. The van der Waals surface area contributed by atoms with Crippen LogP contribution in [-0.4, -0.2) is 54.3 Å². The van der Waals surface area contributed by atoms with Crippen molar-refractivity contribution in [1.29, 1.82) is 0 Å². The minimum Gasteiger partial charge on any atom is -0.494 e. The molecular formula is C26H30FN3O5. The summed E-state index contributed by atoms with van der Waals surface area (Å²) in [6.45, 7) is 4.58. The van der Waals surface area contributed by atoms with Crippen LogP contribution >= 0.6 is 0 Å². The molecule has 0 aliphatic carbocycles. The van der Waals surface area contributed by atoms with Crippen LogP contribution in [0.15, 0.2) is 36.4 Å². The fourth-order valence-electron chi connectivity index (χ4n) is 5.46. The predicted octanol–water partition coefficient (Wildman–Crippen LogP) is 3.68. The largest absolute Gasteiger partial charge is 0.494 e. The number of hydrogen-bond acceptors (Lipinski definition) is 6. The lowest BCUT2D eigenvalue weighted by atomic mass is 9.75. The lowest BCUT2D eigenvalue weighted by Crippen LogP contribution is -2.55. The summed E-state index contributed by atoms with van der Waals surface area (Å²) in [5.41, 5.74) is 0.903. The van der Waals surface area contributed by atoms with Crippen LogP contribution in [0.2, 0.25) is 0 Å². The maximum absolute atomic E-state index is 13.7. The van der Waals surface area contributed by atoms with Crippen LogP contribution in [0, 0.1) is 11.7 Å². The number of rotatable bonds is 7. The average Bonchev–Trinajstić information content (AvgIpc) is 3.43. The third-order valence-electron chi connectivity index (χ3n) is 7.44. The highest BCUT2D eigenvalue weighted by atomic mass is 19.1. The van der Waals surface area contributed by atoms with E-state index < -0.39 is 5.54 Å². The van der Waals surface area contributed by atoms with Crippen LogP contribution in [0.25, 0.3) is 0 Å². The highest BCUT2D eigenvalue weighted by molar-refractivity contribution is 6.07. The molecule has 1 N–H and O–H groups in total. The van der Waals surface area contributed by atoms with E-state index in [2.05, 4.69) is 10.2 Å². The van der Waals surface area contributed by atoms with E-state index in [4.69, 9.17) is 14.2 Å². The second-order valence-corrected chi connectivity index (χ2v) is 9.35. The van der Waals surface area contributed by atoms with Crippen molar-refractivity contribution >= 4 is 11.9 Å². The molecule has 2 aromatic rings. The molecule has 186 valence electrons. The number of amides is 3. The number of nitrogens with one attached hydrogen (secondary N) is 1. The summed E-state index contributed by atoms with van der Waals surface area (Å²) in [6.07, 6.45) is 2.11. The normalized spacial score (nSPS) is 22.5. The van der Waals surface area contributed by atoms with Gasteiger partial charge in [0.1, 0.15) is 5.54 Å². The lowest BCUT2D eigenvalue weighted by Gasteiger charge is -2.40. The van der Waals surface area contributed by atoms with Gasteiger partial charge in [-0.25, -0.2) is 9.18 Å². The van der Waals surface area contributed by atoms with Crippen LogP contribution in [0.5, 0.6) is 17.2 Å². The molecule has 2 fully saturated rings. The number of likely N-dealkylation sites (tertiary alicyclic amines) is 1. The van der Waals surface area contributed by atoms with Crippen molar-refractivity contribution < 1.29 is 28.2 Å². The Balaban J connectivity index is 1.24. The zero-order valence-corrected chi connectivity index (χ0v) is 20.0. The van der Waals surface area contributed by atoms with Crippen LogP contribution in [0.4, 0.5) is 9.18 Å². The molecule has 2 saturated heterocycles. The molecule has 5 rings (SSSR count). The zero-order chi connectivity index (χ0) is 24.6. The van der Waals surface area contributed by atoms with Gasteiger partial charge in [-0.05, 0) is 73.7 Å². The Bertz CT molecular complexity index is 1130. The molecule has 35 heavy (non-hydrogen) atoms. The van der Waals surface area contributed by atoms with Gasteiger partial charge in [-0.2, -0.15) is 0 Å². The number of fused-ring (bicyclic) bond motifs is 1. The maximum Gasteiger partial charge on any atom is 0.325 e. The summed E-state index contributed by atoms with van der Waals surface area (Å²) in [5.74, 6) is 1.04. The van der Waals surface area contributed by atoms with E-state index in [1.54, 1.807) is 18.2 Å². The first-order valence-corrected chi connectivity index (χ1v) is 12.0. The van der Waals surface area contributed by atoms with E-state index in [0.29, 0.717) is 24.5 Å². The molecule has 0 saturated carbocycles. The van der Waals surface area contributed by atoms with Gasteiger partial charge in [-0.3, -0.25) is 14.6 Å². The van der Waals surface area contributed by atoms with Gasteiger partial charge in [0.15, 0.2) is 23.1 Å². The number of ether oxygens (including phenoxy) is 3. The summed E-state index contributed by atoms with van der Waals surface area (Å²) in [6, 6.07) is 10.0. The molecule has 0 aromatic heterocycles. The second kappa shape index (κ2) is 9.37. The van der Waals surface area contributed by atoms with E-state index >= 15 is 0 Å². The van der Waals surface area contributed by atoms with Crippen molar-refractivity contribution in [2.45, 2.75) is 44.8 Å². The van der Waals surface area contributed by atoms with E-state index in [1.165, 1.54) is 18.1 Å². The monoisotopic (exact) mass is 483 g/mol. The van der Waals surface area contributed by atoms with Gasteiger partial charge < -0.3 is 19.5 Å². The number of benzene rings is 2. The second-order valence-electron chi connectivity index (χ2n) is 9.35. The highest BCUT2D eigenvalue weighted by Crippen LogP contribution is 2.38. The fourth-order valence-corrected chi connectivity index (χ4v) is 5.46. The van der Waals surface area contributed by atoms with Crippen molar-refractivity contribution in [2.75, 3.05) is 27.0 Å². The number of carbonyl (C=O) groups excluding carboxylic acids is 2. The predicted molar refractivity (Wildman–Crippen MR) is 126 cm³/mol. The van der Waals surface area contributed by atoms with E-state index in [9.17, 15) is 14.0 Å². The zero-order valence-electron chi connectivity index (χ0n) is 20.0. The average molecular weight is 484 g/mol. The number of hydrogen-bond donors (Lipinski definition) is 1. The van der Waals surface area contributed by atoms with Gasteiger partial charge >= 0.3 is 6.03 Å². The Morgan fingerprint density at radius 1 is 1.06 bits per heavy atom. The van der Waals surface area contributed by atoms with Gasteiger partial charge in [0.25, 0.3) is 5.91 Å². The van der Waals surface area contributed by atoms with Crippen LogP contribution in [-0.2, 0) is 17.9 Å². The standard InChI is InChI=1S/C26H30FN3O5/c1-3-26(19-8-10-29(11-9-19)14-17-4-6-20(27)22(12-17)33-2)24(31)30(25(32)28-26)15-18-5-7-21-23(13-18)35-16-34-21/h4-7,12-13,19H,3,8-11,14-16H2,1-2H3,(H,28,32). The van der Waals surface area contributed by atoms with Crippen molar-refractivity contribution in [3.8, 4) is 17.2 Å². The molecule has 1 unspecified atom stereocenters. The molecule has 9 heteroatoms. The van der Waals surface area contributed by atoms with Crippen molar-refractivity contribution in [3.63, 3.8) is 0 Å². The summed E-state index contributed by atoms with van der Waals surface area (Å²) >= 11 is 0. The first-order chi connectivity index (χ1) is 16.9. The summed E-state index contributed by atoms with van der Waals surface area (Å²) in [7, 11) is 1.46. The van der Waals surface area contributed by atoms with E-state index in [1.807, 2.05) is 19.1 Å². The molecule has 3 aliphatic heterocycles. The van der Waals surface area contributed by atoms with E-state index in [0.717, 1.165) is 37.1 Å². The number of nitrogens with zero attached hydrogens (tertiary/aromatic N) is 2. The van der Waals surface area contributed by atoms with Crippen LogP contribution < -0.4 is 19.5 Å². The molecular weight excluding hydrogens is 453 g/mol. The van der Waals surface area contributed by atoms with Gasteiger partial charge in [-0.15, -0.1) is 0 Å². The highest BCUT2D eigenvalue weighted by Gasteiger charge is 2.54. The summed E-state index contributed by atoms with van der Waals surface area (Å²) < 4.78 is 29.6. The minimum atomic E-state index is -0.890. The Morgan fingerprint density at radius 2 is 1.77 bits per heavy atom. The molecule has 3 aliphatic rings. The number of urea groups is 1. The third-order valence-corrected chi connectivity index (χ3v) is 7.44. The first-order valence-electron chi connectivity index (χ1n) is 12.0. The maximum atomic E-state index is 13.7. The number of methoxy groups -OCH3 is 1. The Labute approximate surface area is 203 Å². The van der Waals surface area contributed by atoms with Crippen molar-refractivity contribution in [1.82, 2.24) is 15.1 Å². The molecule has 0 bridgehead atoms. The van der Waals surface area contributed by atoms with Gasteiger partial charge in [-0.1, -0.05) is 19.1 Å². The number of piperidine rings is 1. The Morgan fingerprint density at radius 3 is 2.51 bits per heavy atom. The first kappa shape index (κ1) is 23.4. The summed E-state index contributed by atoms with van der Waals surface area (Å²) in [5, 5.41) is 3.05. The fraction of sp³-hybridized carbons (Fsp3) is 0.462. The smallest absolute Gasteiger partial charge is 0.325 e. The lowest BCUT2D eigenvalue weighted by molar-refractivity contribution is -0.134. The van der Waals surface area contributed by atoms with Crippen molar-refractivity contribution in [2.24, 2.45) is 5.92 Å². The van der Waals surface area contributed by atoms with Crippen LogP contribution in [0.1, 0.15) is 37.3 Å². The molecule has 0 radical (unpaired) electrons. The quantitative estimate of drug-likeness (QED) is 0.606. The molecule has 0 spiro atoms. The Kier molecular flexibility index (Phi) is 6.27. The molecule has 8 nitrogen and oxygen atoms in total. The third kappa shape index (κ3) is 4.29. The topological polar surface area (TPSA) is 80.3 Å². The SMILES string of the molecule is CCC1(C2CCN(Cc3ccc(F)c(OC)c3)CC2)NC(=O)N(Cc2ccc3c(c2)OCO3)C1=O. The van der Waals surface area contributed by atoms with Crippen molar-refractivity contribution in [3.05, 3.63) is 53.3 Å². The summed E-state index contributed by atoms with van der Waals surface area (Å²) in [4.78, 5) is 30.1. The van der Waals surface area contributed by atoms with Gasteiger partial charge in [0.05, 0.1) is 13.7 Å². The molecule has 3 heterocycles. The molecule has 1 atom stereocenters. The molecule has 3 amide bonds. The van der Waals surface area contributed by atoms with E-state index in [-0.39, 0.29) is 42.8 Å². The number of imide groups is 1. The molecule has 2 aromatic carbocycles.